The Labute approximate surface area is 148 Å². The zero-order valence-electron chi connectivity index (χ0n) is 14.7. The first-order valence-electron chi connectivity index (χ1n) is 9.24. The molecule has 0 spiro atoms. The standard InChI is InChI=1S/C19H28N2O4/c22-18(23)7-6-16-4-1-5-17(20-16)15-3-2-10-21(13-15)14-19(24)8-11-25-12-9-19/h1,4-5,15,24H,2-3,6-14H2,(H,22,23). The number of aliphatic hydroxyl groups is 1. The van der Waals surface area contributed by atoms with Gasteiger partial charge in [-0.15, -0.1) is 0 Å². The first-order valence-corrected chi connectivity index (χ1v) is 9.24. The molecule has 2 aliphatic heterocycles. The summed E-state index contributed by atoms with van der Waals surface area (Å²) < 4.78 is 5.37. The van der Waals surface area contributed by atoms with Crippen LogP contribution in [0.25, 0.3) is 0 Å². The van der Waals surface area contributed by atoms with Crippen molar-refractivity contribution in [2.45, 2.75) is 50.0 Å². The Balaban J connectivity index is 1.61. The Morgan fingerprint density at radius 3 is 2.92 bits per heavy atom. The van der Waals surface area contributed by atoms with Crippen LogP contribution >= 0.6 is 0 Å². The summed E-state index contributed by atoms with van der Waals surface area (Å²) in [6.07, 6.45) is 4.18. The third-order valence-electron chi connectivity index (χ3n) is 5.29. The first-order chi connectivity index (χ1) is 12.0. The minimum absolute atomic E-state index is 0.113. The monoisotopic (exact) mass is 348 g/mol. The van der Waals surface area contributed by atoms with Gasteiger partial charge in [-0.05, 0) is 31.5 Å². The van der Waals surface area contributed by atoms with Gasteiger partial charge in [0.2, 0.25) is 0 Å². The van der Waals surface area contributed by atoms with Gasteiger partial charge in [-0.25, -0.2) is 0 Å². The number of pyridine rings is 1. The van der Waals surface area contributed by atoms with E-state index in [0.717, 1.165) is 37.3 Å². The third kappa shape index (κ3) is 5.23. The maximum absolute atomic E-state index is 10.8. The van der Waals surface area contributed by atoms with Gasteiger partial charge in [-0.3, -0.25) is 14.7 Å². The molecule has 2 saturated heterocycles. The van der Waals surface area contributed by atoms with Crippen LogP contribution in [0.4, 0.5) is 0 Å². The van der Waals surface area contributed by atoms with Gasteiger partial charge in [0.25, 0.3) is 0 Å². The molecule has 3 rings (SSSR count). The predicted octanol–water partition coefficient (Wildman–Crippen LogP) is 1.82. The highest BCUT2D eigenvalue weighted by atomic mass is 16.5. The highest BCUT2D eigenvalue weighted by Gasteiger charge is 2.34. The van der Waals surface area contributed by atoms with Gasteiger partial charge in [-0.1, -0.05) is 6.07 Å². The molecule has 1 aromatic rings. The lowest BCUT2D eigenvalue weighted by molar-refractivity contribution is -0.136. The van der Waals surface area contributed by atoms with E-state index in [4.69, 9.17) is 14.8 Å². The zero-order valence-corrected chi connectivity index (χ0v) is 14.7. The van der Waals surface area contributed by atoms with E-state index < -0.39 is 11.6 Å². The van der Waals surface area contributed by atoms with Gasteiger partial charge in [0.05, 0.1) is 12.0 Å². The number of likely N-dealkylation sites (tertiary alicyclic amines) is 1. The van der Waals surface area contributed by atoms with Crippen LogP contribution in [0.1, 0.15) is 49.4 Å². The molecule has 1 aromatic heterocycles. The van der Waals surface area contributed by atoms with Gasteiger partial charge < -0.3 is 14.9 Å². The summed E-state index contributed by atoms with van der Waals surface area (Å²) in [7, 11) is 0. The summed E-state index contributed by atoms with van der Waals surface area (Å²) in [5.74, 6) is -0.442. The van der Waals surface area contributed by atoms with Gasteiger partial charge in [-0.2, -0.15) is 0 Å². The lowest BCUT2D eigenvalue weighted by Gasteiger charge is -2.40. The minimum atomic E-state index is -0.791. The number of aryl methyl sites for hydroxylation is 1. The van der Waals surface area contributed by atoms with E-state index in [2.05, 4.69) is 4.90 Å². The summed E-state index contributed by atoms with van der Waals surface area (Å²) in [5.41, 5.74) is 1.27. The van der Waals surface area contributed by atoms with Crippen LogP contribution in [-0.2, 0) is 16.0 Å². The molecule has 2 aliphatic rings. The van der Waals surface area contributed by atoms with Crippen LogP contribution in [0.5, 0.6) is 0 Å². The topological polar surface area (TPSA) is 82.9 Å². The zero-order chi connectivity index (χ0) is 17.7. The molecule has 2 N–H and O–H groups in total. The Kier molecular flexibility index (Phi) is 6.04. The van der Waals surface area contributed by atoms with Gasteiger partial charge >= 0.3 is 5.97 Å². The van der Waals surface area contributed by atoms with Crippen molar-refractivity contribution in [1.82, 2.24) is 9.88 Å². The lowest BCUT2D eigenvalue weighted by atomic mass is 9.90. The van der Waals surface area contributed by atoms with Crippen molar-refractivity contribution in [2.75, 3.05) is 32.8 Å². The fraction of sp³-hybridized carbons (Fsp3) is 0.684. The Morgan fingerprint density at radius 2 is 2.16 bits per heavy atom. The Bertz CT molecular complexity index is 587. The molecule has 0 aromatic carbocycles. The van der Waals surface area contributed by atoms with Gasteiger partial charge in [0, 0.05) is 62.9 Å². The maximum atomic E-state index is 10.8. The van der Waals surface area contributed by atoms with E-state index in [1.54, 1.807) is 0 Å². The normalized spacial score (nSPS) is 24.1. The molecule has 3 heterocycles. The van der Waals surface area contributed by atoms with Crippen molar-refractivity contribution in [2.24, 2.45) is 0 Å². The van der Waals surface area contributed by atoms with Crippen LogP contribution in [0.2, 0.25) is 0 Å². The number of hydrogen-bond donors (Lipinski definition) is 2. The number of aliphatic carboxylic acids is 1. The van der Waals surface area contributed by atoms with Crippen LogP contribution in [0.15, 0.2) is 18.2 Å². The second-order valence-electron chi connectivity index (χ2n) is 7.36. The van der Waals surface area contributed by atoms with Crippen molar-refractivity contribution in [3.8, 4) is 0 Å². The number of carbonyl (C=O) groups is 1. The average Bonchev–Trinajstić information content (AvgIpc) is 2.61. The van der Waals surface area contributed by atoms with Gasteiger partial charge in [0.15, 0.2) is 0 Å². The quantitative estimate of drug-likeness (QED) is 0.816. The van der Waals surface area contributed by atoms with E-state index >= 15 is 0 Å². The largest absolute Gasteiger partial charge is 0.481 e. The van der Waals surface area contributed by atoms with Crippen molar-refractivity contribution in [1.29, 1.82) is 0 Å². The smallest absolute Gasteiger partial charge is 0.303 e. The second-order valence-corrected chi connectivity index (χ2v) is 7.36. The highest BCUT2D eigenvalue weighted by Crippen LogP contribution is 2.29. The number of carboxylic acids is 1. The molecule has 25 heavy (non-hydrogen) atoms. The fourth-order valence-corrected chi connectivity index (χ4v) is 3.87. The number of rotatable bonds is 6. The van der Waals surface area contributed by atoms with Crippen molar-refractivity contribution >= 4 is 5.97 Å². The van der Waals surface area contributed by atoms with Crippen LogP contribution in [-0.4, -0.2) is 64.5 Å². The van der Waals surface area contributed by atoms with E-state index in [1.807, 2.05) is 18.2 Å². The van der Waals surface area contributed by atoms with Crippen LogP contribution < -0.4 is 0 Å². The molecular formula is C19H28N2O4. The molecule has 0 amide bonds. The van der Waals surface area contributed by atoms with Crippen LogP contribution in [0.3, 0.4) is 0 Å². The SMILES string of the molecule is O=C(O)CCc1cccc(C2CCCN(CC3(O)CCOCC3)C2)n1. The van der Waals surface area contributed by atoms with Gasteiger partial charge in [0.1, 0.15) is 0 Å². The Morgan fingerprint density at radius 1 is 1.36 bits per heavy atom. The van der Waals surface area contributed by atoms with E-state index in [1.165, 1.54) is 0 Å². The van der Waals surface area contributed by atoms with Crippen molar-refractivity contribution in [3.63, 3.8) is 0 Å². The van der Waals surface area contributed by atoms with E-state index in [9.17, 15) is 9.90 Å². The number of carboxylic acid groups (broad SMARTS) is 1. The summed E-state index contributed by atoms with van der Waals surface area (Å²) in [6.45, 7) is 3.89. The summed E-state index contributed by atoms with van der Waals surface area (Å²) in [6, 6.07) is 5.92. The number of piperidine rings is 1. The number of nitrogens with zero attached hydrogens (tertiary/aromatic N) is 2. The Hall–Kier alpha value is -1.50. The summed E-state index contributed by atoms with van der Waals surface area (Å²) in [4.78, 5) is 17.8. The lowest BCUT2D eigenvalue weighted by Crippen LogP contribution is -2.49. The second kappa shape index (κ2) is 8.25. The summed E-state index contributed by atoms with van der Waals surface area (Å²) >= 11 is 0. The fourth-order valence-electron chi connectivity index (χ4n) is 3.87. The number of aromatic nitrogens is 1. The molecule has 0 aliphatic carbocycles. The van der Waals surface area contributed by atoms with E-state index in [0.29, 0.717) is 44.9 Å². The molecule has 138 valence electrons. The van der Waals surface area contributed by atoms with Crippen LogP contribution in [0, 0.1) is 0 Å². The molecule has 6 nitrogen and oxygen atoms in total. The summed E-state index contributed by atoms with van der Waals surface area (Å²) in [5, 5.41) is 19.6. The average molecular weight is 348 g/mol. The molecule has 6 heteroatoms. The molecule has 0 bridgehead atoms. The first kappa shape index (κ1) is 18.3. The predicted molar refractivity (Wildman–Crippen MR) is 93.6 cm³/mol. The molecule has 0 saturated carbocycles. The maximum Gasteiger partial charge on any atom is 0.303 e. The number of ether oxygens (including phenoxy) is 1. The van der Waals surface area contributed by atoms with Crippen molar-refractivity contribution in [3.05, 3.63) is 29.6 Å². The third-order valence-corrected chi connectivity index (χ3v) is 5.29. The number of hydrogen-bond acceptors (Lipinski definition) is 5. The van der Waals surface area contributed by atoms with Crippen molar-refractivity contribution < 1.29 is 19.7 Å². The molecule has 2 fully saturated rings. The molecule has 1 unspecified atom stereocenters. The molecule has 0 radical (unpaired) electrons. The molecular weight excluding hydrogens is 320 g/mol. The van der Waals surface area contributed by atoms with E-state index in [-0.39, 0.29) is 6.42 Å². The number of β-amino-alcohol motifs (C(OH)–C–C–N with tert-alkyl or cyclic N) is 1. The minimum Gasteiger partial charge on any atom is -0.481 e. The highest BCUT2D eigenvalue weighted by molar-refractivity contribution is 5.66. The molecule has 1 atom stereocenters.